The molecule has 0 aliphatic carbocycles. The van der Waals surface area contributed by atoms with Crippen LogP contribution in [0.1, 0.15) is 0 Å². The minimum absolute atomic E-state index is 0.877. The number of benzene rings is 16. The van der Waals surface area contributed by atoms with Crippen molar-refractivity contribution in [3.63, 3.8) is 0 Å². The maximum Gasteiger partial charge on any atom is 0.145 e. The summed E-state index contributed by atoms with van der Waals surface area (Å²) in [5.41, 5.74) is 24.5. The molecule has 9 aromatic heterocycles. The molecule has 0 aliphatic heterocycles. The van der Waals surface area contributed by atoms with Gasteiger partial charge in [-0.1, -0.05) is 237 Å². The summed E-state index contributed by atoms with van der Waals surface area (Å²) in [6, 6.07) is 141. The molecule has 0 atom stereocenters. The van der Waals surface area contributed by atoms with Crippen LogP contribution >= 0.6 is 0 Å². The monoisotopic (exact) mass is 1550 g/mol. The van der Waals surface area contributed by atoms with Crippen molar-refractivity contribution in [1.29, 1.82) is 0 Å². The zero-order chi connectivity index (χ0) is 79.9. The topological polar surface area (TPSA) is 108 Å². The first-order chi connectivity index (χ1) is 60.0. The van der Waals surface area contributed by atoms with Crippen LogP contribution in [0, 0.1) is 0 Å². The van der Waals surface area contributed by atoms with E-state index in [1.54, 1.807) is 0 Å². The van der Waals surface area contributed by atoms with Gasteiger partial charge in [-0.2, -0.15) is 0 Å². The number of hydrogen-bond acceptors (Lipinski definition) is 6. The molecule has 0 bridgehead atoms. The van der Waals surface area contributed by atoms with Crippen molar-refractivity contribution < 1.29 is 13.3 Å². The number of rotatable bonds is 12. The van der Waals surface area contributed by atoms with Gasteiger partial charge in [0.15, 0.2) is 0 Å². The molecule has 16 aromatic carbocycles. The molecule has 25 aromatic rings. The highest BCUT2D eigenvalue weighted by molar-refractivity contribution is 6.22. The van der Waals surface area contributed by atoms with Gasteiger partial charge < -0.3 is 27.0 Å². The first kappa shape index (κ1) is 69.9. The third-order valence-electron chi connectivity index (χ3n) is 23.2. The van der Waals surface area contributed by atoms with Crippen molar-refractivity contribution in [2.45, 2.75) is 0 Å². The predicted octanol–water partition coefficient (Wildman–Crippen LogP) is 28.3. The summed E-state index contributed by atoms with van der Waals surface area (Å²) in [5.74, 6) is 5.40. The van der Waals surface area contributed by atoms with E-state index < -0.39 is 0 Å². The Morgan fingerprint density at radius 2 is 0.529 bits per heavy atom. The highest BCUT2D eigenvalue weighted by atomic mass is 16.3. The first-order valence-corrected chi connectivity index (χ1v) is 40.6. The molecule has 0 aliphatic rings. The molecule has 12 nitrogen and oxygen atoms in total. The molecule has 0 saturated heterocycles. The second kappa shape index (κ2) is 29.3. The molecule has 9 heterocycles. The zero-order valence-electron chi connectivity index (χ0n) is 65.2. The summed E-state index contributed by atoms with van der Waals surface area (Å²) >= 11 is 0. The third-order valence-corrected chi connectivity index (χ3v) is 23.2. The molecule has 0 amide bonds. The normalized spacial score (nSPS) is 11.6. The lowest BCUT2D eigenvalue weighted by atomic mass is 10.1. The fourth-order valence-electron chi connectivity index (χ4n) is 17.7. The fraction of sp³-hybridized carbons (Fsp3) is 0. The molecule has 0 fully saturated rings. The SMILES string of the molecule is c1ccc(-c2cc3ccc4c(c5ccccc5n4-c4ccc(-c5nccn5-c5ccccc5)cc4)c3o2)cc1.c1ccc(-c2cc3ccc4c(c5ccccc5n4-c4ccc(-n5ccnc5-c5ccccc5)cc4)c3o2)cc1.c1ccc(-c2cc3ccc4c(c5ccccc5n4-c4cccc(-c5nc6ccccc6n5-c5ccccc5)c4)c3o2)cc1. The van der Waals surface area contributed by atoms with Crippen molar-refractivity contribution in [3.8, 4) is 102 Å². The van der Waals surface area contributed by atoms with Crippen molar-refractivity contribution >= 4 is 109 Å². The van der Waals surface area contributed by atoms with Gasteiger partial charge in [-0.15, -0.1) is 0 Å². The van der Waals surface area contributed by atoms with Crippen molar-refractivity contribution in [1.82, 2.24) is 42.4 Å². The van der Waals surface area contributed by atoms with E-state index in [1.807, 2.05) is 128 Å². The molecular weight excluding hydrogens is 1480 g/mol. The molecule has 0 saturated carbocycles. The van der Waals surface area contributed by atoms with E-state index in [4.69, 9.17) is 18.2 Å². The number of imidazole rings is 3. The van der Waals surface area contributed by atoms with Crippen molar-refractivity contribution in [2.75, 3.05) is 0 Å². The molecule has 25 rings (SSSR count). The van der Waals surface area contributed by atoms with Crippen LogP contribution in [0.2, 0.25) is 0 Å². The van der Waals surface area contributed by atoms with E-state index >= 15 is 0 Å². The van der Waals surface area contributed by atoms with Gasteiger partial charge in [-0.3, -0.25) is 13.7 Å². The highest BCUT2D eigenvalue weighted by Crippen LogP contribution is 2.45. The number of fused-ring (bicyclic) bond motifs is 16. The molecule has 12 heteroatoms. The summed E-state index contributed by atoms with van der Waals surface area (Å²) in [4.78, 5) is 14.4. The summed E-state index contributed by atoms with van der Waals surface area (Å²) < 4.78 is 33.1. The van der Waals surface area contributed by atoms with Gasteiger partial charge >= 0.3 is 0 Å². The average Bonchev–Trinajstić information content (AvgIpc) is 1.58. The molecule has 0 spiro atoms. The van der Waals surface area contributed by atoms with Crippen LogP contribution in [-0.4, -0.2) is 42.4 Å². The van der Waals surface area contributed by atoms with Gasteiger partial charge in [0.2, 0.25) is 0 Å². The maximum absolute atomic E-state index is 6.59. The lowest BCUT2D eigenvalue weighted by Gasteiger charge is -2.12. The maximum atomic E-state index is 6.59. The minimum atomic E-state index is 0.877. The van der Waals surface area contributed by atoms with Gasteiger partial charge in [-0.25, -0.2) is 15.0 Å². The second-order valence-electron chi connectivity index (χ2n) is 30.3. The Kier molecular flexibility index (Phi) is 16.9. The number of nitrogens with zero attached hydrogens (tertiary/aromatic N) is 9. The molecule has 121 heavy (non-hydrogen) atoms. The lowest BCUT2D eigenvalue weighted by Crippen LogP contribution is -1.99. The van der Waals surface area contributed by atoms with Crippen LogP contribution in [0.25, 0.3) is 212 Å². The number of furan rings is 3. The fourth-order valence-corrected chi connectivity index (χ4v) is 17.7. The van der Waals surface area contributed by atoms with Gasteiger partial charge in [0.1, 0.15) is 51.5 Å². The molecule has 0 radical (unpaired) electrons. The Balaban J connectivity index is 0.000000106. The number of para-hydroxylation sites is 7. The molecular formula is C109H71N9O3. The summed E-state index contributed by atoms with van der Waals surface area (Å²) in [6.07, 6.45) is 7.71. The van der Waals surface area contributed by atoms with Crippen LogP contribution in [0.3, 0.4) is 0 Å². The standard InChI is InChI=1S/C39H25N3O.2C35H23N3O/c1-3-12-26(13-4-1)36-25-27-22-23-35-37(38(27)43-36)31-18-7-9-20-33(31)41(35)30-17-11-14-28(24-30)39-40-32-19-8-10-21-34(32)42(39)29-15-5-2-6-16-29;1-3-9-24(10-4-1)32-23-26-15-20-31-33(34(26)39-32)29-13-7-8-14-30(29)38(31)28-18-16-27(17-19-28)37-22-21-36-35(37)25-11-5-2-6-12-25;1-3-9-24(10-4-1)32-23-26-17-20-31-33(34(26)39-32)29-13-7-8-14-30(29)38(31)28-18-15-25(16-19-28)35-36-21-22-37(35)27-11-5-2-6-12-27/h1-25H;2*1-23H. The van der Waals surface area contributed by atoms with Crippen LogP contribution in [0.15, 0.2) is 444 Å². The van der Waals surface area contributed by atoms with Crippen LogP contribution < -0.4 is 0 Å². The Hall–Kier alpha value is -16.6. The number of aromatic nitrogens is 9. The Morgan fingerprint density at radius 3 is 0.975 bits per heavy atom. The van der Waals surface area contributed by atoms with E-state index in [1.165, 1.54) is 16.2 Å². The van der Waals surface area contributed by atoms with Crippen molar-refractivity contribution in [3.05, 3.63) is 431 Å². The lowest BCUT2D eigenvalue weighted by molar-refractivity contribution is 0.635. The summed E-state index contributed by atoms with van der Waals surface area (Å²) in [7, 11) is 0. The third kappa shape index (κ3) is 12.1. The quantitative estimate of drug-likeness (QED) is 0.121. The zero-order valence-corrected chi connectivity index (χ0v) is 65.2. The Bertz CT molecular complexity index is 7860. The van der Waals surface area contributed by atoms with E-state index in [0.29, 0.717) is 0 Å². The summed E-state index contributed by atoms with van der Waals surface area (Å²) in [6.45, 7) is 0. The van der Waals surface area contributed by atoms with E-state index in [0.717, 1.165) is 195 Å². The van der Waals surface area contributed by atoms with Gasteiger partial charge in [-0.05, 0) is 170 Å². The Morgan fingerprint density at radius 1 is 0.207 bits per heavy atom. The van der Waals surface area contributed by atoms with Gasteiger partial charge in [0.05, 0.1) is 60.3 Å². The van der Waals surface area contributed by atoms with Crippen molar-refractivity contribution in [2.24, 2.45) is 0 Å². The van der Waals surface area contributed by atoms with Gasteiger partial charge in [0, 0.05) is 125 Å². The van der Waals surface area contributed by atoms with E-state index in [9.17, 15) is 0 Å². The largest absolute Gasteiger partial charge is 0.455 e. The van der Waals surface area contributed by atoms with E-state index in [-0.39, 0.29) is 0 Å². The molecule has 570 valence electrons. The van der Waals surface area contributed by atoms with Crippen LogP contribution in [-0.2, 0) is 0 Å². The average molecular weight is 1550 g/mol. The smallest absolute Gasteiger partial charge is 0.145 e. The second-order valence-corrected chi connectivity index (χ2v) is 30.3. The van der Waals surface area contributed by atoms with Crippen LogP contribution in [0.4, 0.5) is 0 Å². The first-order valence-electron chi connectivity index (χ1n) is 40.6. The number of hydrogen-bond donors (Lipinski definition) is 0. The van der Waals surface area contributed by atoms with E-state index in [2.05, 4.69) is 341 Å². The van der Waals surface area contributed by atoms with Crippen LogP contribution in [0.5, 0.6) is 0 Å². The molecule has 0 N–H and O–H groups in total. The molecule has 0 unspecified atom stereocenters. The Labute approximate surface area is 694 Å². The highest BCUT2D eigenvalue weighted by Gasteiger charge is 2.24. The predicted molar refractivity (Wildman–Crippen MR) is 493 cm³/mol. The van der Waals surface area contributed by atoms with Gasteiger partial charge in [0.25, 0.3) is 0 Å². The summed E-state index contributed by atoms with van der Waals surface area (Å²) in [5, 5.41) is 10.2. The minimum Gasteiger partial charge on any atom is -0.455 e.